The van der Waals surface area contributed by atoms with Crippen LogP contribution >= 0.6 is 0 Å². The summed E-state index contributed by atoms with van der Waals surface area (Å²) in [5.41, 5.74) is 6.05. The van der Waals surface area contributed by atoms with Gasteiger partial charge in [0.2, 0.25) is 0 Å². The average molecular weight is 269 g/mol. The van der Waals surface area contributed by atoms with Gasteiger partial charge in [0.15, 0.2) is 9.84 Å². The highest BCUT2D eigenvalue weighted by Crippen LogP contribution is 2.31. The first kappa shape index (κ1) is 13.5. The highest BCUT2D eigenvalue weighted by Gasteiger charge is 2.42. The number of sulfone groups is 1. The van der Waals surface area contributed by atoms with Crippen LogP contribution in [0.15, 0.2) is 30.3 Å². The van der Waals surface area contributed by atoms with E-state index in [0.717, 1.165) is 5.56 Å². The summed E-state index contributed by atoms with van der Waals surface area (Å²) in [7, 11) is -2.96. The van der Waals surface area contributed by atoms with Crippen molar-refractivity contribution in [1.82, 2.24) is 0 Å². The van der Waals surface area contributed by atoms with Gasteiger partial charge in [0.25, 0.3) is 0 Å². The fourth-order valence-corrected chi connectivity index (χ4v) is 4.34. The number of nitrogens with two attached hydrogens (primary N) is 1. The van der Waals surface area contributed by atoms with Gasteiger partial charge in [0.05, 0.1) is 23.7 Å². The molecule has 1 saturated heterocycles. The third-order valence-corrected chi connectivity index (χ3v) is 5.13. The maximum atomic E-state index is 11.6. The lowest BCUT2D eigenvalue weighted by Crippen LogP contribution is -2.36. The standard InChI is InChI=1S/C13H19NO3S/c14-8-6-13(7-9-18(15,16)11-13)17-10-12-4-2-1-3-5-12/h1-5H,6-11,14H2. The average Bonchev–Trinajstić information content (AvgIpc) is 2.65. The van der Waals surface area contributed by atoms with Crippen molar-refractivity contribution in [2.45, 2.75) is 25.0 Å². The molecule has 0 aromatic heterocycles. The van der Waals surface area contributed by atoms with Crippen LogP contribution in [-0.4, -0.2) is 32.1 Å². The molecule has 5 heteroatoms. The van der Waals surface area contributed by atoms with E-state index in [1.165, 1.54) is 0 Å². The van der Waals surface area contributed by atoms with Crippen LogP contribution in [0.4, 0.5) is 0 Å². The van der Waals surface area contributed by atoms with Crippen LogP contribution in [-0.2, 0) is 21.2 Å². The molecule has 0 amide bonds. The number of hydrogen-bond donors (Lipinski definition) is 1. The van der Waals surface area contributed by atoms with Gasteiger partial charge in [0.1, 0.15) is 0 Å². The zero-order valence-corrected chi connectivity index (χ0v) is 11.2. The lowest BCUT2D eigenvalue weighted by Gasteiger charge is -2.27. The molecule has 100 valence electrons. The Morgan fingerprint density at radius 2 is 2.00 bits per heavy atom. The minimum absolute atomic E-state index is 0.101. The van der Waals surface area contributed by atoms with E-state index in [-0.39, 0.29) is 11.5 Å². The van der Waals surface area contributed by atoms with Crippen molar-refractivity contribution in [2.75, 3.05) is 18.1 Å². The van der Waals surface area contributed by atoms with Gasteiger partial charge < -0.3 is 10.5 Å². The zero-order valence-electron chi connectivity index (χ0n) is 10.3. The highest BCUT2D eigenvalue weighted by atomic mass is 32.2. The van der Waals surface area contributed by atoms with Crippen molar-refractivity contribution in [3.05, 3.63) is 35.9 Å². The predicted molar refractivity (Wildman–Crippen MR) is 70.9 cm³/mol. The van der Waals surface area contributed by atoms with E-state index in [4.69, 9.17) is 10.5 Å². The van der Waals surface area contributed by atoms with Gasteiger partial charge in [-0.2, -0.15) is 0 Å². The van der Waals surface area contributed by atoms with E-state index in [1.807, 2.05) is 30.3 Å². The van der Waals surface area contributed by atoms with Gasteiger partial charge in [-0.05, 0) is 24.9 Å². The quantitative estimate of drug-likeness (QED) is 0.869. The van der Waals surface area contributed by atoms with Crippen molar-refractivity contribution in [3.8, 4) is 0 Å². The maximum Gasteiger partial charge on any atom is 0.153 e. The predicted octanol–water partition coefficient (Wildman–Crippen LogP) is 1.11. The van der Waals surface area contributed by atoms with Gasteiger partial charge in [-0.15, -0.1) is 0 Å². The van der Waals surface area contributed by atoms with Crippen molar-refractivity contribution >= 4 is 9.84 Å². The van der Waals surface area contributed by atoms with Crippen LogP contribution in [0.2, 0.25) is 0 Å². The Labute approximate surface area is 108 Å². The summed E-state index contributed by atoms with van der Waals surface area (Å²) >= 11 is 0. The van der Waals surface area contributed by atoms with E-state index in [0.29, 0.717) is 26.0 Å². The Hall–Kier alpha value is -0.910. The largest absolute Gasteiger partial charge is 0.369 e. The van der Waals surface area contributed by atoms with Gasteiger partial charge in [-0.1, -0.05) is 30.3 Å². The Balaban J connectivity index is 2.04. The number of hydrogen-bond acceptors (Lipinski definition) is 4. The van der Waals surface area contributed by atoms with E-state index >= 15 is 0 Å². The summed E-state index contributed by atoms with van der Waals surface area (Å²) in [5.74, 6) is 0.311. The summed E-state index contributed by atoms with van der Waals surface area (Å²) in [6.07, 6.45) is 1.15. The molecule has 0 bridgehead atoms. The van der Waals surface area contributed by atoms with Gasteiger partial charge >= 0.3 is 0 Å². The smallest absolute Gasteiger partial charge is 0.153 e. The van der Waals surface area contributed by atoms with Crippen LogP contribution < -0.4 is 5.73 Å². The second kappa shape index (κ2) is 5.38. The molecule has 1 atom stereocenters. The molecular weight excluding hydrogens is 250 g/mol. The molecule has 4 nitrogen and oxygen atoms in total. The number of ether oxygens (including phenoxy) is 1. The molecule has 0 saturated carbocycles. The summed E-state index contributed by atoms with van der Waals surface area (Å²) in [6.45, 7) is 0.890. The molecule has 18 heavy (non-hydrogen) atoms. The molecule has 1 aliphatic rings. The third kappa shape index (κ3) is 3.31. The minimum Gasteiger partial charge on any atom is -0.369 e. The van der Waals surface area contributed by atoms with E-state index in [9.17, 15) is 8.42 Å². The fraction of sp³-hybridized carbons (Fsp3) is 0.538. The molecule has 1 aromatic rings. The fourth-order valence-electron chi connectivity index (χ4n) is 2.34. The lowest BCUT2D eigenvalue weighted by atomic mass is 9.99. The molecule has 1 heterocycles. The highest BCUT2D eigenvalue weighted by molar-refractivity contribution is 7.91. The molecular formula is C13H19NO3S. The van der Waals surface area contributed by atoms with Crippen LogP contribution in [0.25, 0.3) is 0 Å². The third-order valence-electron chi connectivity index (χ3n) is 3.34. The molecule has 1 fully saturated rings. The monoisotopic (exact) mass is 269 g/mol. The maximum absolute atomic E-state index is 11.6. The van der Waals surface area contributed by atoms with E-state index in [1.54, 1.807) is 0 Å². The van der Waals surface area contributed by atoms with Gasteiger partial charge in [-0.25, -0.2) is 8.42 Å². The SMILES string of the molecule is NCCC1(OCc2ccccc2)CCS(=O)(=O)C1. The van der Waals surface area contributed by atoms with Crippen LogP contribution in [0, 0.1) is 0 Å². The molecule has 2 rings (SSSR count). The molecule has 2 N–H and O–H groups in total. The summed E-state index contributed by atoms with van der Waals surface area (Å²) in [6, 6.07) is 9.78. The molecule has 1 aromatic carbocycles. The molecule has 0 aliphatic carbocycles. The Kier molecular flexibility index (Phi) is 4.04. The van der Waals surface area contributed by atoms with Crippen LogP contribution in [0.5, 0.6) is 0 Å². The molecule has 0 radical (unpaired) electrons. The van der Waals surface area contributed by atoms with E-state index < -0.39 is 15.4 Å². The first-order chi connectivity index (χ1) is 8.55. The first-order valence-corrected chi connectivity index (χ1v) is 7.96. The Bertz CT molecular complexity index is 486. The van der Waals surface area contributed by atoms with Crippen molar-refractivity contribution in [3.63, 3.8) is 0 Å². The number of rotatable bonds is 5. The molecule has 0 spiro atoms. The second-order valence-corrected chi connectivity index (χ2v) is 7.02. The minimum atomic E-state index is -2.96. The zero-order chi connectivity index (χ0) is 13.1. The normalized spacial score (nSPS) is 26.3. The second-order valence-electron chi connectivity index (χ2n) is 4.84. The van der Waals surface area contributed by atoms with Crippen LogP contribution in [0.1, 0.15) is 18.4 Å². The summed E-state index contributed by atoms with van der Waals surface area (Å²) in [4.78, 5) is 0. The van der Waals surface area contributed by atoms with Crippen LogP contribution in [0.3, 0.4) is 0 Å². The van der Waals surface area contributed by atoms with Crippen molar-refractivity contribution < 1.29 is 13.2 Å². The van der Waals surface area contributed by atoms with Crippen molar-refractivity contribution in [2.24, 2.45) is 5.73 Å². The number of benzene rings is 1. The molecule has 1 aliphatic heterocycles. The van der Waals surface area contributed by atoms with Gasteiger partial charge in [0, 0.05) is 0 Å². The topological polar surface area (TPSA) is 69.4 Å². The summed E-state index contributed by atoms with van der Waals surface area (Å²) < 4.78 is 29.1. The molecule has 1 unspecified atom stereocenters. The summed E-state index contributed by atoms with van der Waals surface area (Å²) in [5, 5.41) is 0. The van der Waals surface area contributed by atoms with Gasteiger partial charge in [-0.3, -0.25) is 0 Å². The van der Waals surface area contributed by atoms with E-state index in [2.05, 4.69) is 0 Å². The Morgan fingerprint density at radius 1 is 1.28 bits per heavy atom. The Morgan fingerprint density at radius 3 is 2.56 bits per heavy atom. The lowest BCUT2D eigenvalue weighted by molar-refractivity contribution is -0.0415. The first-order valence-electron chi connectivity index (χ1n) is 6.14. The van der Waals surface area contributed by atoms with Crippen molar-refractivity contribution in [1.29, 1.82) is 0 Å².